The molecule has 0 saturated carbocycles. The fourth-order valence-corrected chi connectivity index (χ4v) is 6.29. The van der Waals surface area contributed by atoms with Gasteiger partial charge in [-0.15, -0.1) is 0 Å². The van der Waals surface area contributed by atoms with Gasteiger partial charge in [-0.2, -0.15) is 10.2 Å². The highest BCUT2D eigenvalue weighted by Gasteiger charge is 2.10. The zero-order valence-corrected chi connectivity index (χ0v) is 26.7. The van der Waals surface area contributed by atoms with Crippen LogP contribution in [-0.4, -0.2) is 37.9 Å². The normalized spacial score (nSPS) is 13.0. The minimum Gasteiger partial charge on any atom is -0.381 e. The zero-order valence-electron chi connectivity index (χ0n) is 25.7. The third kappa shape index (κ3) is 15.7. The van der Waals surface area contributed by atoms with Crippen molar-refractivity contribution < 1.29 is 4.74 Å². The van der Waals surface area contributed by atoms with E-state index in [0.29, 0.717) is 0 Å². The second-order valence-corrected chi connectivity index (χ2v) is 13.0. The standard InChI is InChI=1S/C34H57N3OSi/c1-5-7-9-13-26-38-27-14-11-19-31-23-24-33(37-36-31)32-20-16-25-35-34(32)39-28-15-12-18-30(4)22-21-29(3)17-10-8-6-2/h16,20,23-25,29-30H,5-15,17-19,21-22,26-28H2,1-4H3. The summed E-state index contributed by atoms with van der Waals surface area (Å²) in [6, 6.07) is 9.66. The molecule has 0 bridgehead atoms. The van der Waals surface area contributed by atoms with Gasteiger partial charge >= 0.3 is 0 Å². The third-order valence-electron chi connectivity index (χ3n) is 7.79. The molecule has 0 fully saturated rings. The molecule has 2 unspecified atom stereocenters. The van der Waals surface area contributed by atoms with Gasteiger partial charge in [-0.3, -0.25) is 4.98 Å². The molecule has 0 spiro atoms. The summed E-state index contributed by atoms with van der Waals surface area (Å²) in [5, 5.41) is 10.3. The van der Waals surface area contributed by atoms with Crippen LogP contribution in [-0.2, 0) is 11.2 Å². The van der Waals surface area contributed by atoms with Gasteiger partial charge in [0.05, 0.1) is 11.4 Å². The summed E-state index contributed by atoms with van der Waals surface area (Å²) < 4.78 is 5.76. The van der Waals surface area contributed by atoms with Crippen molar-refractivity contribution in [3.05, 3.63) is 36.2 Å². The van der Waals surface area contributed by atoms with Crippen LogP contribution in [0.2, 0.25) is 6.04 Å². The summed E-state index contributed by atoms with van der Waals surface area (Å²) >= 11 is 0. The summed E-state index contributed by atoms with van der Waals surface area (Å²) in [7, 11) is 0.732. The molecule has 0 saturated heterocycles. The van der Waals surface area contributed by atoms with E-state index in [0.717, 1.165) is 70.8 Å². The predicted octanol–water partition coefficient (Wildman–Crippen LogP) is 9.01. The smallest absolute Gasteiger partial charge is 0.108 e. The molecular formula is C34H57N3OSi. The lowest BCUT2D eigenvalue weighted by atomic mass is 9.91. The minimum absolute atomic E-state index is 0.732. The molecule has 2 rings (SSSR count). The van der Waals surface area contributed by atoms with Crippen LogP contribution in [0.25, 0.3) is 11.3 Å². The van der Waals surface area contributed by atoms with Gasteiger partial charge in [0.15, 0.2) is 0 Å². The first-order valence-corrected chi connectivity index (χ1v) is 17.4. The summed E-state index contributed by atoms with van der Waals surface area (Å²) in [4.78, 5) is 4.72. The van der Waals surface area contributed by atoms with E-state index in [1.165, 1.54) is 94.8 Å². The quantitative estimate of drug-likeness (QED) is 0.0964. The van der Waals surface area contributed by atoms with E-state index in [9.17, 15) is 0 Å². The van der Waals surface area contributed by atoms with E-state index in [2.05, 4.69) is 56.1 Å². The van der Waals surface area contributed by atoms with Gasteiger partial charge in [0, 0.05) is 30.3 Å². The van der Waals surface area contributed by atoms with Crippen LogP contribution < -0.4 is 5.32 Å². The number of pyridine rings is 1. The topological polar surface area (TPSA) is 47.9 Å². The Hall–Kier alpha value is -1.59. The van der Waals surface area contributed by atoms with E-state index in [1.54, 1.807) is 0 Å². The molecule has 2 radical (unpaired) electrons. The Kier molecular flexibility index (Phi) is 19.1. The maximum atomic E-state index is 5.76. The van der Waals surface area contributed by atoms with E-state index in [4.69, 9.17) is 9.72 Å². The van der Waals surface area contributed by atoms with E-state index in [-0.39, 0.29) is 0 Å². The van der Waals surface area contributed by atoms with Crippen molar-refractivity contribution >= 4 is 14.8 Å². The first kappa shape index (κ1) is 33.6. The van der Waals surface area contributed by atoms with Crippen molar-refractivity contribution in [1.29, 1.82) is 0 Å². The van der Waals surface area contributed by atoms with Crippen molar-refractivity contribution in [3.8, 4) is 11.3 Å². The molecule has 39 heavy (non-hydrogen) atoms. The molecule has 2 aromatic rings. The highest BCUT2D eigenvalue weighted by molar-refractivity contribution is 6.54. The minimum atomic E-state index is 0.732. The molecule has 0 aromatic carbocycles. The number of hydrogen-bond donors (Lipinski definition) is 0. The predicted molar refractivity (Wildman–Crippen MR) is 169 cm³/mol. The van der Waals surface area contributed by atoms with Crippen molar-refractivity contribution in [2.24, 2.45) is 11.8 Å². The summed E-state index contributed by atoms with van der Waals surface area (Å²) in [5.74, 6) is 1.74. The van der Waals surface area contributed by atoms with Crippen molar-refractivity contribution in [2.75, 3.05) is 13.2 Å². The fraction of sp³-hybridized carbons (Fsp3) is 0.735. The largest absolute Gasteiger partial charge is 0.381 e. The maximum Gasteiger partial charge on any atom is 0.108 e. The Morgan fingerprint density at radius 2 is 1.41 bits per heavy atom. The highest BCUT2D eigenvalue weighted by atomic mass is 28.2. The molecule has 0 aliphatic carbocycles. The molecule has 2 aromatic heterocycles. The summed E-state index contributed by atoms with van der Waals surface area (Å²) in [6.07, 6.45) is 22.5. The molecule has 0 aliphatic heterocycles. The SMILES string of the molecule is CCCCCCOCCCCc1ccc(-c2cccnc2[Si]CCCCC(C)CCC(C)CCCCC)nn1. The Morgan fingerprint density at radius 3 is 2.10 bits per heavy atom. The number of rotatable bonds is 24. The average molecular weight is 552 g/mol. The van der Waals surface area contributed by atoms with Crippen LogP contribution in [0.5, 0.6) is 0 Å². The maximum absolute atomic E-state index is 5.76. The van der Waals surface area contributed by atoms with Gasteiger partial charge < -0.3 is 4.74 Å². The molecular weight excluding hydrogens is 494 g/mol. The van der Waals surface area contributed by atoms with Crippen LogP contribution in [0.3, 0.4) is 0 Å². The first-order chi connectivity index (χ1) is 19.1. The zero-order chi connectivity index (χ0) is 28.0. The average Bonchev–Trinajstić information content (AvgIpc) is 2.96. The molecule has 2 heterocycles. The lowest BCUT2D eigenvalue weighted by molar-refractivity contribution is 0.126. The van der Waals surface area contributed by atoms with Crippen LogP contribution in [0, 0.1) is 11.8 Å². The van der Waals surface area contributed by atoms with Gasteiger partial charge in [0.1, 0.15) is 9.52 Å². The number of unbranched alkanes of at least 4 members (excludes halogenated alkanes) is 7. The Bertz CT molecular complexity index is 845. The number of aromatic nitrogens is 3. The van der Waals surface area contributed by atoms with Gasteiger partial charge in [-0.25, -0.2) is 0 Å². The molecule has 2 atom stereocenters. The first-order valence-electron chi connectivity index (χ1n) is 16.2. The molecule has 0 N–H and O–H groups in total. The lowest BCUT2D eigenvalue weighted by Crippen LogP contribution is -2.21. The van der Waals surface area contributed by atoms with Crippen molar-refractivity contribution in [1.82, 2.24) is 15.2 Å². The number of nitrogens with zero attached hydrogens (tertiary/aromatic N) is 3. The van der Waals surface area contributed by atoms with Crippen LogP contribution >= 0.6 is 0 Å². The highest BCUT2D eigenvalue weighted by Crippen LogP contribution is 2.21. The van der Waals surface area contributed by atoms with Crippen LogP contribution in [0.1, 0.15) is 130 Å². The van der Waals surface area contributed by atoms with Gasteiger partial charge in [-0.05, 0) is 61.8 Å². The number of hydrogen-bond acceptors (Lipinski definition) is 4. The van der Waals surface area contributed by atoms with Crippen LogP contribution in [0.15, 0.2) is 30.5 Å². The summed E-state index contributed by atoms with van der Waals surface area (Å²) in [6.45, 7) is 11.2. The molecule has 0 aliphatic rings. The third-order valence-corrected chi connectivity index (χ3v) is 9.12. The van der Waals surface area contributed by atoms with Crippen molar-refractivity contribution in [2.45, 2.75) is 136 Å². The number of ether oxygens (including phenoxy) is 1. The molecule has 5 heteroatoms. The number of aryl methyl sites for hydroxylation is 1. The molecule has 4 nitrogen and oxygen atoms in total. The van der Waals surface area contributed by atoms with Crippen LogP contribution in [0.4, 0.5) is 0 Å². The van der Waals surface area contributed by atoms with E-state index >= 15 is 0 Å². The van der Waals surface area contributed by atoms with E-state index in [1.807, 2.05) is 12.3 Å². The lowest BCUT2D eigenvalue weighted by Gasteiger charge is -2.15. The molecule has 218 valence electrons. The summed E-state index contributed by atoms with van der Waals surface area (Å²) in [5.41, 5.74) is 3.17. The fourth-order valence-electron chi connectivity index (χ4n) is 5.06. The Labute approximate surface area is 243 Å². The van der Waals surface area contributed by atoms with Gasteiger partial charge in [0.2, 0.25) is 0 Å². The van der Waals surface area contributed by atoms with E-state index < -0.39 is 0 Å². The Balaban J connectivity index is 1.64. The Morgan fingerprint density at radius 1 is 0.718 bits per heavy atom. The van der Waals surface area contributed by atoms with Crippen molar-refractivity contribution in [3.63, 3.8) is 0 Å². The van der Waals surface area contributed by atoms with Gasteiger partial charge in [-0.1, -0.05) is 111 Å². The molecule has 0 amide bonds. The monoisotopic (exact) mass is 551 g/mol. The second-order valence-electron chi connectivity index (χ2n) is 11.6. The van der Waals surface area contributed by atoms with Gasteiger partial charge in [0.25, 0.3) is 0 Å². The second kappa shape index (κ2) is 22.1.